The van der Waals surface area contributed by atoms with Crippen molar-refractivity contribution in [3.63, 3.8) is 0 Å². The average Bonchev–Trinajstić information content (AvgIpc) is 2.33. The lowest BCUT2D eigenvalue weighted by atomic mass is 10.1. The molecule has 2 aromatic rings. The van der Waals surface area contributed by atoms with Gasteiger partial charge in [-0.1, -0.05) is 45.7 Å². The highest BCUT2D eigenvalue weighted by Crippen LogP contribution is 2.34. The summed E-state index contributed by atoms with van der Waals surface area (Å²) in [5.74, 6) is 1.35. The van der Waals surface area contributed by atoms with Crippen molar-refractivity contribution in [2.75, 3.05) is 0 Å². The van der Waals surface area contributed by atoms with Gasteiger partial charge in [0.2, 0.25) is 0 Å². The second-order valence-electron chi connectivity index (χ2n) is 4.00. The molecule has 0 amide bonds. The smallest absolute Gasteiger partial charge is 0.146 e. The number of para-hydroxylation sites is 1. The van der Waals surface area contributed by atoms with Crippen molar-refractivity contribution in [1.29, 1.82) is 0 Å². The third-order valence-corrected chi connectivity index (χ3v) is 3.31. The van der Waals surface area contributed by atoms with Crippen molar-refractivity contribution in [3.05, 3.63) is 57.5 Å². The van der Waals surface area contributed by atoms with E-state index in [-0.39, 0.29) is 6.04 Å². The van der Waals surface area contributed by atoms with Gasteiger partial charge in [0.1, 0.15) is 11.5 Å². The van der Waals surface area contributed by atoms with Crippen LogP contribution in [0.5, 0.6) is 11.5 Å². The van der Waals surface area contributed by atoms with Gasteiger partial charge >= 0.3 is 0 Å². The third kappa shape index (κ3) is 3.05. The zero-order valence-corrected chi connectivity index (χ0v) is 12.2. The molecule has 94 valence electrons. The molecule has 0 unspecified atom stereocenters. The molecule has 4 heteroatoms. The summed E-state index contributed by atoms with van der Waals surface area (Å²) in [4.78, 5) is 0. The van der Waals surface area contributed by atoms with E-state index in [1.54, 1.807) is 6.07 Å². The van der Waals surface area contributed by atoms with Crippen LogP contribution in [0.3, 0.4) is 0 Å². The highest BCUT2D eigenvalue weighted by atomic mass is 79.9. The summed E-state index contributed by atoms with van der Waals surface area (Å²) in [5.41, 5.74) is 6.86. The number of hydrogen-bond acceptors (Lipinski definition) is 2. The second-order valence-corrected chi connectivity index (χ2v) is 5.33. The van der Waals surface area contributed by atoms with Crippen molar-refractivity contribution >= 4 is 27.5 Å². The van der Waals surface area contributed by atoms with Crippen LogP contribution < -0.4 is 10.5 Å². The van der Waals surface area contributed by atoms with Crippen LogP contribution in [-0.2, 0) is 0 Å². The largest absolute Gasteiger partial charge is 0.455 e. The van der Waals surface area contributed by atoms with E-state index in [1.807, 2.05) is 43.3 Å². The molecule has 0 saturated heterocycles. The quantitative estimate of drug-likeness (QED) is 0.869. The number of rotatable bonds is 3. The number of nitrogens with two attached hydrogens (primary N) is 1. The Morgan fingerprint density at radius 2 is 1.89 bits per heavy atom. The van der Waals surface area contributed by atoms with E-state index in [9.17, 15) is 0 Å². The van der Waals surface area contributed by atoms with Crippen LogP contribution in [0.2, 0.25) is 5.02 Å². The van der Waals surface area contributed by atoms with E-state index in [4.69, 9.17) is 22.1 Å². The van der Waals surface area contributed by atoms with E-state index >= 15 is 0 Å². The first-order valence-corrected chi connectivity index (χ1v) is 6.72. The Balaban J connectivity index is 2.34. The first kappa shape index (κ1) is 13.4. The Hall–Kier alpha value is -1.03. The minimum atomic E-state index is -0.0876. The molecule has 0 radical (unpaired) electrons. The van der Waals surface area contributed by atoms with Gasteiger partial charge < -0.3 is 10.5 Å². The van der Waals surface area contributed by atoms with Crippen LogP contribution >= 0.6 is 27.5 Å². The molecule has 2 nitrogen and oxygen atoms in total. The maximum Gasteiger partial charge on any atom is 0.146 e. The van der Waals surface area contributed by atoms with Gasteiger partial charge in [-0.25, -0.2) is 0 Å². The fourth-order valence-electron chi connectivity index (χ4n) is 1.63. The number of benzene rings is 2. The molecule has 18 heavy (non-hydrogen) atoms. The molecule has 0 aliphatic heterocycles. The monoisotopic (exact) mass is 325 g/mol. The lowest BCUT2D eigenvalue weighted by molar-refractivity contribution is 0.472. The van der Waals surface area contributed by atoms with Crippen LogP contribution in [0.4, 0.5) is 0 Å². The molecule has 0 fully saturated rings. The van der Waals surface area contributed by atoms with Crippen molar-refractivity contribution < 1.29 is 4.74 Å². The lowest BCUT2D eigenvalue weighted by Crippen LogP contribution is -2.06. The summed E-state index contributed by atoms with van der Waals surface area (Å²) in [7, 11) is 0. The maximum absolute atomic E-state index is 6.13. The Labute approximate surface area is 120 Å². The van der Waals surface area contributed by atoms with E-state index in [1.165, 1.54) is 0 Å². The highest BCUT2D eigenvalue weighted by molar-refractivity contribution is 9.10. The number of hydrogen-bond donors (Lipinski definition) is 1. The van der Waals surface area contributed by atoms with Crippen LogP contribution in [-0.4, -0.2) is 0 Å². The fraction of sp³-hybridized carbons (Fsp3) is 0.143. The molecule has 1 atom stereocenters. The zero-order valence-electron chi connectivity index (χ0n) is 9.86. The first-order valence-electron chi connectivity index (χ1n) is 5.55. The topological polar surface area (TPSA) is 35.2 Å². The van der Waals surface area contributed by atoms with Crippen LogP contribution in [0.15, 0.2) is 46.9 Å². The molecular formula is C14H13BrClNO. The van der Waals surface area contributed by atoms with E-state index in [0.29, 0.717) is 10.8 Å². The van der Waals surface area contributed by atoms with Crippen molar-refractivity contribution in [2.45, 2.75) is 13.0 Å². The Morgan fingerprint density at radius 3 is 2.56 bits per heavy atom. The summed E-state index contributed by atoms with van der Waals surface area (Å²) in [6.45, 7) is 1.92. The summed E-state index contributed by atoms with van der Waals surface area (Å²) < 4.78 is 6.74. The molecule has 0 heterocycles. The predicted octanol–water partition coefficient (Wildman–Crippen LogP) is 4.91. The molecule has 0 aliphatic rings. The maximum atomic E-state index is 6.13. The normalized spacial score (nSPS) is 12.2. The molecule has 0 aromatic heterocycles. The van der Waals surface area contributed by atoms with Gasteiger partial charge in [-0.2, -0.15) is 0 Å². The molecule has 2 N–H and O–H groups in total. The van der Waals surface area contributed by atoms with Gasteiger partial charge in [0.15, 0.2) is 0 Å². The van der Waals surface area contributed by atoms with Crippen LogP contribution in [0.1, 0.15) is 18.5 Å². The molecule has 2 rings (SSSR count). The highest BCUT2D eigenvalue weighted by Gasteiger charge is 2.10. The summed E-state index contributed by atoms with van der Waals surface area (Å²) >= 11 is 9.48. The van der Waals surface area contributed by atoms with E-state index < -0.39 is 0 Å². The van der Waals surface area contributed by atoms with E-state index in [2.05, 4.69) is 15.9 Å². The third-order valence-electron chi connectivity index (χ3n) is 2.52. The fourth-order valence-corrected chi connectivity index (χ4v) is 2.34. The number of ether oxygens (including phenoxy) is 1. The van der Waals surface area contributed by atoms with E-state index in [0.717, 1.165) is 15.8 Å². The number of halogens is 2. The molecule has 0 saturated carbocycles. The summed E-state index contributed by atoms with van der Waals surface area (Å²) in [6, 6.07) is 13.1. The van der Waals surface area contributed by atoms with Gasteiger partial charge in [-0.3, -0.25) is 0 Å². The van der Waals surface area contributed by atoms with Crippen LogP contribution in [0, 0.1) is 0 Å². The van der Waals surface area contributed by atoms with Gasteiger partial charge in [0.05, 0.1) is 5.02 Å². The SMILES string of the molecule is C[C@H](N)c1ccccc1Oc1ccc(Br)cc1Cl. The van der Waals surface area contributed by atoms with Gasteiger partial charge in [-0.15, -0.1) is 0 Å². The molecule has 2 aromatic carbocycles. The Bertz CT molecular complexity index is 557. The lowest BCUT2D eigenvalue weighted by Gasteiger charge is -2.14. The second kappa shape index (κ2) is 5.74. The minimum absolute atomic E-state index is 0.0876. The average molecular weight is 327 g/mol. The minimum Gasteiger partial charge on any atom is -0.455 e. The van der Waals surface area contributed by atoms with Crippen molar-refractivity contribution in [2.24, 2.45) is 5.73 Å². The van der Waals surface area contributed by atoms with Crippen molar-refractivity contribution in [1.82, 2.24) is 0 Å². The molecule has 0 spiro atoms. The molecular weight excluding hydrogens is 314 g/mol. The van der Waals surface area contributed by atoms with Crippen molar-refractivity contribution in [3.8, 4) is 11.5 Å². The Kier molecular flexibility index (Phi) is 4.27. The Morgan fingerprint density at radius 1 is 1.17 bits per heavy atom. The van der Waals surface area contributed by atoms with Gasteiger partial charge in [0, 0.05) is 16.1 Å². The standard InChI is InChI=1S/C14H13BrClNO/c1-9(17)11-4-2-3-5-13(11)18-14-7-6-10(15)8-12(14)16/h2-9H,17H2,1H3/t9-/m0/s1. The molecule has 0 bridgehead atoms. The summed E-state index contributed by atoms with van der Waals surface area (Å²) in [6.07, 6.45) is 0. The predicted molar refractivity (Wildman–Crippen MR) is 78.3 cm³/mol. The van der Waals surface area contributed by atoms with Gasteiger partial charge in [0.25, 0.3) is 0 Å². The van der Waals surface area contributed by atoms with Crippen LogP contribution in [0.25, 0.3) is 0 Å². The van der Waals surface area contributed by atoms with Gasteiger partial charge in [-0.05, 0) is 31.2 Å². The zero-order chi connectivity index (χ0) is 13.1. The molecule has 0 aliphatic carbocycles. The summed E-state index contributed by atoms with van der Waals surface area (Å²) in [5, 5.41) is 0.559. The first-order chi connectivity index (χ1) is 8.58.